The average molecular weight is 773 g/mol. The van der Waals surface area contributed by atoms with Gasteiger partial charge in [0.05, 0.1) is 18.8 Å². The highest BCUT2D eigenvalue weighted by molar-refractivity contribution is 5.88. The molecule has 0 amide bonds. The van der Waals surface area contributed by atoms with Crippen LogP contribution in [-0.2, 0) is 18.9 Å². The molecule has 54 heavy (non-hydrogen) atoms. The Morgan fingerprint density at radius 1 is 0.593 bits per heavy atom. The van der Waals surface area contributed by atoms with Gasteiger partial charge in [-0.15, -0.1) is 0 Å². The number of phenolic OH excluding ortho intramolecular Hbond substituents is 4. The van der Waals surface area contributed by atoms with E-state index in [9.17, 15) is 71.2 Å². The van der Waals surface area contributed by atoms with Crippen molar-refractivity contribution in [3.05, 3.63) is 34.5 Å². The first kappa shape index (κ1) is 39.6. The van der Waals surface area contributed by atoms with E-state index in [2.05, 4.69) is 0 Å². The maximum atomic E-state index is 14.1. The van der Waals surface area contributed by atoms with Gasteiger partial charge in [-0.2, -0.15) is 0 Å². The van der Waals surface area contributed by atoms with Crippen molar-refractivity contribution in [1.29, 1.82) is 0 Å². The van der Waals surface area contributed by atoms with E-state index in [4.69, 9.17) is 32.8 Å². The fourth-order valence-corrected chi connectivity index (χ4v) is 6.21. The van der Waals surface area contributed by atoms with Gasteiger partial charge in [0.1, 0.15) is 83.5 Å². The lowest BCUT2D eigenvalue weighted by molar-refractivity contribution is -0.318. The molecule has 3 aliphatic rings. The van der Waals surface area contributed by atoms with Gasteiger partial charge in [-0.1, -0.05) is 0 Å². The van der Waals surface area contributed by atoms with Crippen LogP contribution in [0, 0.1) is 0 Å². The number of phenols is 4. The second-order valence-corrected chi connectivity index (χ2v) is 13.2. The minimum atomic E-state index is -2.09. The molecule has 21 nitrogen and oxygen atoms in total. The third-order valence-electron chi connectivity index (χ3n) is 9.43. The smallest absolute Gasteiger partial charge is 0.239 e. The van der Waals surface area contributed by atoms with Crippen LogP contribution < -0.4 is 14.9 Å². The van der Waals surface area contributed by atoms with Gasteiger partial charge in [-0.25, -0.2) is 0 Å². The van der Waals surface area contributed by atoms with Crippen LogP contribution in [-0.4, -0.2) is 165 Å². The molecule has 3 saturated heterocycles. The molecule has 6 rings (SSSR count). The van der Waals surface area contributed by atoms with E-state index in [1.54, 1.807) is 0 Å². The van der Waals surface area contributed by atoms with Gasteiger partial charge in [-0.3, -0.25) is 4.79 Å². The highest BCUT2D eigenvalue weighted by Crippen LogP contribution is 2.43. The van der Waals surface area contributed by atoms with Gasteiger partial charge in [0.15, 0.2) is 29.3 Å². The number of hydrogen-bond donors (Lipinski definition) is 13. The first-order chi connectivity index (χ1) is 25.4. The number of hydrogen-bond acceptors (Lipinski definition) is 21. The molecule has 15 atom stereocenters. The topological polar surface area (TPSA) is 349 Å². The molecule has 3 aliphatic heterocycles. The molecular formula is C33H40O21. The zero-order valence-corrected chi connectivity index (χ0v) is 28.3. The lowest BCUT2D eigenvalue weighted by atomic mass is 9.98. The summed E-state index contributed by atoms with van der Waals surface area (Å²) in [6, 6.07) is 3.67. The predicted octanol–water partition coefficient (Wildman–Crippen LogP) is -3.48. The van der Waals surface area contributed by atoms with Crippen LogP contribution in [0.4, 0.5) is 0 Å². The van der Waals surface area contributed by atoms with Crippen molar-refractivity contribution in [2.45, 2.75) is 106 Å². The van der Waals surface area contributed by atoms with E-state index in [0.717, 1.165) is 24.3 Å². The highest BCUT2D eigenvalue weighted by Gasteiger charge is 2.48. The largest absolute Gasteiger partial charge is 0.507 e. The highest BCUT2D eigenvalue weighted by atomic mass is 16.7. The van der Waals surface area contributed by atoms with Crippen molar-refractivity contribution in [1.82, 2.24) is 0 Å². The summed E-state index contributed by atoms with van der Waals surface area (Å²) in [4.78, 5) is 14.1. The van der Waals surface area contributed by atoms with Gasteiger partial charge in [0, 0.05) is 17.7 Å². The van der Waals surface area contributed by atoms with Gasteiger partial charge in [0.25, 0.3) is 0 Å². The molecule has 13 N–H and O–H groups in total. The van der Waals surface area contributed by atoms with Crippen LogP contribution in [0.2, 0.25) is 0 Å². The van der Waals surface area contributed by atoms with Crippen LogP contribution in [0.25, 0.3) is 22.3 Å². The van der Waals surface area contributed by atoms with Crippen molar-refractivity contribution >= 4 is 11.0 Å². The molecule has 0 aliphatic carbocycles. The third kappa shape index (κ3) is 7.22. The van der Waals surface area contributed by atoms with E-state index in [0.29, 0.717) is 0 Å². The summed E-state index contributed by atoms with van der Waals surface area (Å²) >= 11 is 0. The van der Waals surface area contributed by atoms with Gasteiger partial charge in [-0.05, 0) is 26.0 Å². The molecular weight excluding hydrogens is 732 g/mol. The monoisotopic (exact) mass is 772 g/mol. The number of ether oxygens (including phenoxy) is 6. The predicted molar refractivity (Wildman–Crippen MR) is 173 cm³/mol. The molecule has 21 heteroatoms. The zero-order valence-electron chi connectivity index (χ0n) is 28.3. The quantitative estimate of drug-likeness (QED) is 0.0989. The summed E-state index contributed by atoms with van der Waals surface area (Å²) in [6.45, 7) is 2.11. The summed E-state index contributed by atoms with van der Waals surface area (Å²) in [7, 11) is 0. The van der Waals surface area contributed by atoms with Crippen LogP contribution in [0.15, 0.2) is 33.5 Å². The number of aliphatic hydroxyl groups is 9. The van der Waals surface area contributed by atoms with Crippen LogP contribution >= 0.6 is 0 Å². The Kier molecular flexibility index (Phi) is 11.2. The second-order valence-electron chi connectivity index (χ2n) is 13.2. The van der Waals surface area contributed by atoms with E-state index >= 15 is 0 Å². The van der Waals surface area contributed by atoms with Crippen molar-refractivity contribution in [2.24, 2.45) is 0 Å². The summed E-state index contributed by atoms with van der Waals surface area (Å²) < 4.78 is 39.1. The first-order valence-corrected chi connectivity index (χ1v) is 16.5. The lowest BCUT2D eigenvalue weighted by Crippen LogP contribution is -2.61. The number of rotatable bonds is 8. The summed E-state index contributed by atoms with van der Waals surface area (Å²) in [5.74, 6) is -5.30. The third-order valence-corrected chi connectivity index (χ3v) is 9.43. The fraction of sp³-hybridized carbons (Fsp3) is 0.545. The maximum absolute atomic E-state index is 14.1. The molecule has 0 spiro atoms. The van der Waals surface area contributed by atoms with Crippen molar-refractivity contribution in [3.8, 4) is 45.8 Å². The molecule has 2 aromatic carbocycles. The Morgan fingerprint density at radius 2 is 1.11 bits per heavy atom. The van der Waals surface area contributed by atoms with Gasteiger partial charge in [0.2, 0.25) is 23.8 Å². The zero-order chi connectivity index (χ0) is 39.5. The Bertz CT molecular complexity index is 1860. The second kappa shape index (κ2) is 15.2. The number of fused-ring (bicyclic) bond motifs is 1. The molecule has 298 valence electrons. The van der Waals surface area contributed by atoms with Gasteiger partial charge < -0.3 is 99.2 Å². The molecule has 3 aromatic rings. The SMILES string of the molecule is CC1OC(OCC2OC(Oc3c(-c4cc(O)c(O)c(O)c4)oc4cc(OC5OC(C)C(O)C(O)C5O)cc(O)c4c3=O)C(O)C(O)C2O)C(O)C(O)C1O. The van der Waals surface area contributed by atoms with Crippen LogP contribution in [0.3, 0.4) is 0 Å². The molecule has 0 saturated carbocycles. The van der Waals surface area contributed by atoms with Crippen molar-refractivity contribution in [3.63, 3.8) is 0 Å². The molecule has 0 bridgehead atoms. The Hall–Kier alpha value is -4.07. The average Bonchev–Trinajstić information content (AvgIpc) is 3.13. The number of benzene rings is 2. The first-order valence-electron chi connectivity index (χ1n) is 16.5. The van der Waals surface area contributed by atoms with Gasteiger partial charge >= 0.3 is 0 Å². The molecule has 3 fully saturated rings. The fourth-order valence-electron chi connectivity index (χ4n) is 6.21. The molecule has 4 heterocycles. The number of aromatic hydroxyl groups is 4. The van der Waals surface area contributed by atoms with Crippen LogP contribution in [0.1, 0.15) is 13.8 Å². The lowest BCUT2D eigenvalue weighted by Gasteiger charge is -2.42. The summed E-state index contributed by atoms with van der Waals surface area (Å²) in [5.41, 5.74) is -1.95. The molecule has 0 radical (unpaired) electrons. The minimum Gasteiger partial charge on any atom is -0.507 e. The van der Waals surface area contributed by atoms with E-state index in [1.165, 1.54) is 13.8 Å². The van der Waals surface area contributed by atoms with E-state index in [-0.39, 0.29) is 11.3 Å². The molecule has 15 unspecified atom stereocenters. The number of aliphatic hydroxyl groups excluding tert-OH is 9. The Labute approximate surface area is 303 Å². The minimum absolute atomic E-state index is 0.284. The molecule has 1 aromatic heterocycles. The van der Waals surface area contributed by atoms with Crippen molar-refractivity contribution < 1.29 is 99.2 Å². The van der Waals surface area contributed by atoms with Crippen molar-refractivity contribution in [2.75, 3.05) is 6.61 Å². The van der Waals surface area contributed by atoms with E-state index in [1.807, 2.05) is 0 Å². The Morgan fingerprint density at radius 3 is 1.70 bits per heavy atom. The normalized spacial score (nSPS) is 37.3. The summed E-state index contributed by atoms with van der Waals surface area (Å²) in [6.07, 6.45) is -24.4. The maximum Gasteiger partial charge on any atom is 0.239 e. The van der Waals surface area contributed by atoms with Crippen LogP contribution in [0.5, 0.6) is 34.5 Å². The van der Waals surface area contributed by atoms with E-state index < -0.39 is 150 Å². The summed E-state index contributed by atoms with van der Waals surface area (Å²) in [5, 5.41) is 134. The Balaban J connectivity index is 1.35. The standard InChI is InChI=1S/C33H40O21/c1-8-18(37)23(42)26(45)31(49-8)48-7-16-21(40)25(44)28(47)33(53-16)54-30-22(41)17-12(34)5-11(51-32-27(46)24(43)19(38)9(2)50-32)6-15(17)52-29(30)10-3-13(35)20(39)14(36)4-10/h3-6,8-9,16,18-19,21,23-28,31-40,42-47H,7H2,1-2H3.